The molecule has 0 saturated carbocycles. The molecular weight excluding hydrogens is 396 g/mol. The number of nitrogens with zero attached hydrogens (tertiary/aromatic N) is 2. The number of phenolic OH excluding ortho intramolecular Hbond substituents is 2. The van der Waals surface area contributed by atoms with Gasteiger partial charge < -0.3 is 14.9 Å². The van der Waals surface area contributed by atoms with Gasteiger partial charge in [-0.15, -0.1) is 10.2 Å². The first-order chi connectivity index (χ1) is 14.9. The van der Waals surface area contributed by atoms with Crippen LogP contribution in [0.3, 0.4) is 0 Å². The summed E-state index contributed by atoms with van der Waals surface area (Å²) in [6, 6.07) is 17.8. The molecule has 3 aromatic rings. The van der Waals surface area contributed by atoms with Gasteiger partial charge in [-0.1, -0.05) is 55.1 Å². The van der Waals surface area contributed by atoms with E-state index in [0.717, 1.165) is 0 Å². The van der Waals surface area contributed by atoms with Gasteiger partial charge in [-0.05, 0) is 25.1 Å². The molecule has 0 spiro atoms. The number of rotatable bonds is 7. The average Bonchev–Trinajstić information content (AvgIpc) is 2.78. The van der Waals surface area contributed by atoms with Gasteiger partial charge >= 0.3 is 5.97 Å². The zero-order valence-corrected chi connectivity index (χ0v) is 16.8. The third-order valence-corrected chi connectivity index (χ3v) is 4.37. The van der Waals surface area contributed by atoms with Crippen LogP contribution in [0.1, 0.15) is 28.4 Å². The maximum Gasteiger partial charge on any atom is 0.333 e. The molecule has 0 aromatic heterocycles. The number of benzene rings is 3. The van der Waals surface area contributed by atoms with Gasteiger partial charge in [0.15, 0.2) is 17.2 Å². The molecule has 0 aliphatic rings. The average molecular weight is 416 g/mol. The lowest BCUT2D eigenvalue weighted by Crippen LogP contribution is -2.04. The Morgan fingerprint density at radius 3 is 2.32 bits per heavy atom. The fourth-order valence-electron chi connectivity index (χ4n) is 2.70. The molecule has 0 fully saturated rings. The second-order valence-corrected chi connectivity index (χ2v) is 6.71. The molecule has 0 bridgehead atoms. The van der Waals surface area contributed by atoms with Gasteiger partial charge in [-0.3, -0.25) is 4.79 Å². The Labute approximate surface area is 179 Å². The summed E-state index contributed by atoms with van der Waals surface area (Å²) in [5.41, 5.74) is 1.34. The highest BCUT2D eigenvalue weighted by molar-refractivity contribution is 6.11. The van der Waals surface area contributed by atoms with E-state index in [9.17, 15) is 19.8 Å². The van der Waals surface area contributed by atoms with Gasteiger partial charge in [-0.2, -0.15) is 0 Å². The molecule has 156 valence electrons. The molecule has 0 amide bonds. The Morgan fingerprint density at radius 2 is 1.61 bits per heavy atom. The summed E-state index contributed by atoms with van der Waals surface area (Å²) in [5.74, 6) is -1.77. The normalized spacial score (nSPS) is 10.7. The first-order valence-corrected chi connectivity index (χ1v) is 9.35. The van der Waals surface area contributed by atoms with Crippen molar-refractivity contribution in [2.45, 2.75) is 13.5 Å². The van der Waals surface area contributed by atoms with Crippen molar-refractivity contribution in [3.05, 3.63) is 95.6 Å². The molecule has 31 heavy (non-hydrogen) atoms. The van der Waals surface area contributed by atoms with Crippen LogP contribution in [-0.2, 0) is 16.1 Å². The molecule has 0 aliphatic carbocycles. The Balaban J connectivity index is 1.91. The van der Waals surface area contributed by atoms with Crippen molar-refractivity contribution in [2.24, 2.45) is 10.2 Å². The number of hydrogen-bond acceptors (Lipinski definition) is 7. The first-order valence-electron chi connectivity index (χ1n) is 9.35. The molecular formula is C24H20N2O5. The third-order valence-electron chi connectivity index (χ3n) is 4.37. The lowest BCUT2D eigenvalue weighted by Gasteiger charge is -2.09. The molecule has 0 atom stereocenters. The van der Waals surface area contributed by atoms with Gasteiger partial charge in [0.05, 0.1) is 11.3 Å². The fourth-order valence-corrected chi connectivity index (χ4v) is 2.70. The topological polar surface area (TPSA) is 109 Å². The van der Waals surface area contributed by atoms with Gasteiger partial charge in [0.25, 0.3) is 0 Å². The number of ketones is 1. The minimum atomic E-state index is -0.533. The maximum absolute atomic E-state index is 12.7. The van der Waals surface area contributed by atoms with E-state index < -0.39 is 17.5 Å². The molecule has 0 heterocycles. The second-order valence-electron chi connectivity index (χ2n) is 6.71. The highest BCUT2D eigenvalue weighted by Crippen LogP contribution is 2.40. The molecule has 0 saturated heterocycles. The van der Waals surface area contributed by atoms with Crippen LogP contribution in [0.25, 0.3) is 0 Å². The van der Waals surface area contributed by atoms with E-state index >= 15 is 0 Å². The van der Waals surface area contributed by atoms with E-state index in [-0.39, 0.29) is 29.2 Å². The predicted molar refractivity (Wildman–Crippen MR) is 115 cm³/mol. The minimum Gasteiger partial charge on any atom is -0.505 e. The number of hydrogen-bond donors (Lipinski definition) is 2. The number of carbonyl (C=O) groups excluding carboxylic acids is 2. The van der Waals surface area contributed by atoms with Gasteiger partial charge in [-0.25, -0.2) is 4.79 Å². The van der Waals surface area contributed by atoms with Crippen LogP contribution in [0.2, 0.25) is 0 Å². The summed E-state index contributed by atoms with van der Waals surface area (Å²) in [7, 11) is 0. The lowest BCUT2D eigenvalue weighted by molar-refractivity contribution is -0.140. The summed E-state index contributed by atoms with van der Waals surface area (Å²) in [5, 5.41) is 28.7. The molecule has 0 aliphatic heterocycles. The standard InChI is InChI=1S/C24H20N2O5/c1-15(2)24(30)31-14-17-10-6-7-11-19(17)25-26-21-20(27)13-12-18(23(21)29)22(28)16-8-4-3-5-9-16/h3-13,27,29H,1,14H2,2H3. The Hall–Kier alpha value is -4.26. The van der Waals surface area contributed by atoms with Crippen molar-refractivity contribution < 1.29 is 24.5 Å². The van der Waals surface area contributed by atoms with E-state index in [2.05, 4.69) is 16.8 Å². The largest absolute Gasteiger partial charge is 0.505 e. The number of ether oxygens (including phenoxy) is 1. The van der Waals surface area contributed by atoms with Crippen molar-refractivity contribution in [2.75, 3.05) is 0 Å². The number of azo groups is 1. The summed E-state index contributed by atoms with van der Waals surface area (Å²) < 4.78 is 5.15. The van der Waals surface area contributed by atoms with E-state index in [1.54, 1.807) is 61.5 Å². The van der Waals surface area contributed by atoms with Crippen molar-refractivity contribution in [1.29, 1.82) is 0 Å². The second kappa shape index (κ2) is 9.49. The molecule has 7 nitrogen and oxygen atoms in total. The molecule has 0 unspecified atom stereocenters. The minimum absolute atomic E-state index is 0.0124. The van der Waals surface area contributed by atoms with E-state index in [4.69, 9.17) is 4.74 Å². The maximum atomic E-state index is 12.7. The van der Waals surface area contributed by atoms with Crippen molar-refractivity contribution >= 4 is 23.1 Å². The highest BCUT2D eigenvalue weighted by atomic mass is 16.5. The van der Waals surface area contributed by atoms with Crippen LogP contribution in [0, 0.1) is 0 Å². The third kappa shape index (κ3) is 5.02. The Morgan fingerprint density at radius 1 is 0.935 bits per heavy atom. The van der Waals surface area contributed by atoms with Crippen molar-refractivity contribution in [1.82, 2.24) is 0 Å². The number of carbonyl (C=O) groups is 2. The van der Waals surface area contributed by atoms with E-state index in [1.165, 1.54) is 12.1 Å². The lowest BCUT2D eigenvalue weighted by atomic mass is 10.0. The van der Waals surface area contributed by atoms with Crippen molar-refractivity contribution in [3.8, 4) is 11.5 Å². The van der Waals surface area contributed by atoms with Gasteiger partial charge in [0.2, 0.25) is 0 Å². The van der Waals surface area contributed by atoms with Crippen LogP contribution in [-0.4, -0.2) is 22.0 Å². The molecule has 7 heteroatoms. The van der Waals surface area contributed by atoms with Crippen LogP contribution in [0.15, 0.2) is 89.1 Å². The monoisotopic (exact) mass is 416 g/mol. The first kappa shape index (κ1) is 21.4. The number of esters is 1. The number of aromatic hydroxyl groups is 2. The molecule has 2 N–H and O–H groups in total. The van der Waals surface area contributed by atoms with Crippen LogP contribution < -0.4 is 0 Å². The molecule has 0 radical (unpaired) electrons. The number of phenols is 2. The summed E-state index contributed by atoms with van der Waals surface area (Å²) in [6.07, 6.45) is 0. The van der Waals surface area contributed by atoms with E-state index in [0.29, 0.717) is 16.8 Å². The summed E-state index contributed by atoms with van der Waals surface area (Å²) in [4.78, 5) is 24.3. The molecule has 3 rings (SSSR count). The zero-order valence-electron chi connectivity index (χ0n) is 16.8. The Kier molecular flexibility index (Phi) is 6.57. The summed E-state index contributed by atoms with van der Waals surface area (Å²) in [6.45, 7) is 5.02. The van der Waals surface area contributed by atoms with Crippen LogP contribution in [0.5, 0.6) is 11.5 Å². The molecule has 3 aromatic carbocycles. The van der Waals surface area contributed by atoms with Gasteiger partial charge in [0.1, 0.15) is 12.4 Å². The predicted octanol–water partition coefficient (Wildman–Crippen LogP) is 5.36. The van der Waals surface area contributed by atoms with Crippen LogP contribution in [0.4, 0.5) is 11.4 Å². The van der Waals surface area contributed by atoms with Crippen molar-refractivity contribution in [3.63, 3.8) is 0 Å². The SMILES string of the molecule is C=C(C)C(=O)OCc1ccccc1N=Nc1c(O)ccc(C(=O)c2ccccc2)c1O. The zero-order chi connectivity index (χ0) is 22.4. The highest BCUT2D eigenvalue weighted by Gasteiger charge is 2.19. The van der Waals surface area contributed by atoms with Gasteiger partial charge in [0, 0.05) is 16.7 Å². The van der Waals surface area contributed by atoms with Crippen LogP contribution >= 0.6 is 0 Å². The fraction of sp³-hybridized carbons (Fsp3) is 0.0833. The smallest absolute Gasteiger partial charge is 0.333 e. The Bertz CT molecular complexity index is 1170. The van der Waals surface area contributed by atoms with E-state index in [1.807, 2.05) is 0 Å². The quantitative estimate of drug-likeness (QED) is 0.233. The summed E-state index contributed by atoms with van der Waals surface area (Å²) >= 11 is 0.